The number of amides is 2. The highest BCUT2D eigenvalue weighted by atomic mass is 16.5. The molecule has 1 fully saturated rings. The lowest BCUT2D eigenvalue weighted by atomic mass is 10.00. The summed E-state index contributed by atoms with van der Waals surface area (Å²) in [4.78, 5) is 29.4. The van der Waals surface area contributed by atoms with Gasteiger partial charge in [-0.2, -0.15) is 0 Å². The van der Waals surface area contributed by atoms with Gasteiger partial charge in [0.05, 0.1) is 18.9 Å². The number of hydrogen-bond donors (Lipinski definition) is 1. The molecule has 3 aromatic rings. The second kappa shape index (κ2) is 10.2. The molecule has 1 heterocycles. The molecule has 1 N–H and O–H groups in total. The highest BCUT2D eigenvalue weighted by Crippen LogP contribution is 2.33. The standard InChI is InChI=1S/C28H32N2O4/c1-18-15-19(2)17-23(16-18)30(28(32)25-13-14-34-20(25)3)26(21-9-11-24(33-4)12-10-21)27(31)29-22-7-5-6-8-22/h9-17,22,26H,5-8H2,1-4H3,(H,29,31)/t26-/m0/s1. The molecule has 178 valence electrons. The van der Waals surface area contributed by atoms with E-state index in [-0.39, 0.29) is 17.9 Å². The van der Waals surface area contributed by atoms with Crippen LogP contribution in [0.4, 0.5) is 5.69 Å². The predicted molar refractivity (Wildman–Crippen MR) is 132 cm³/mol. The summed E-state index contributed by atoms with van der Waals surface area (Å²) in [6, 6.07) is 14.2. The van der Waals surface area contributed by atoms with Gasteiger partial charge in [-0.15, -0.1) is 0 Å². The van der Waals surface area contributed by atoms with Crippen LogP contribution in [0.5, 0.6) is 5.75 Å². The molecule has 0 spiro atoms. The average Bonchev–Trinajstić information content (AvgIpc) is 3.48. The first kappa shape index (κ1) is 23.6. The van der Waals surface area contributed by atoms with Crippen molar-refractivity contribution >= 4 is 17.5 Å². The van der Waals surface area contributed by atoms with Gasteiger partial charge in [0.15, 0.2) is 0 Å². The van der Waals surface area contributed by atoms with Crippen LogP contribution in [-0.4, -0.2) is 25.0 Å². The second-order valence-corrected chi connectivity index (χ2v) is 9.08. The van der Waals surface area contributed by atoms with E-state index >= 15 is 0 Å². The molecular weight excluding hydrogens is 428 g/mol. The Balaban J connectivity index is 1.85. The summed E-state index contributed by atoms with van der Waals surface area (Å²) in [5, 5.41) is 3.21. The Morgan fingerprint density at radius 2 is 1.65 bits per heavy atom. The van der Waals surface area contributed by atoms with Crippen molar-refractivity contribution < 1.29 is 18.7 Å². The van der Waals surface area contributed by atoms with Crippen LogP contribution in [0.15, 0.2) is 59.2 Å². The quantitative estimate of drug-likeness (QED) is 0.494. The molecule has 6 nitrogen and oxygen atoms in total. The highest BCUT2D eigenvalue weighted by Gasteiger charge is 2.36. The zero-order valence-electron chi connectivity index (χ0n) is 20.3. The van der Waals surface area contributed by atoms with Crippen molar-refractivity contribution in [2.45, 2.75) is 58.5 Å². The van der Waals surface area contributed by atoms with Crippen molar-refractivity contribution in [2.75, 3.05) is 12.0 Å². The Hall–Kier alpha value is -3.54. The lowest BCUT2D eigenvalue weighted by Crippen LogP contribution is -2.46. The van der Waals surface area contributed by atoms with Crippen LogP contribution in [0.1, 0.15) is 64.5 Å². The fourth-order valence-corrected chi connectivity index (χ4v) is 4.76. The molecule has 1 atom stereocenters. The summed E-state index contributed by atoms with van der Waals surface area (Å²) in [6.07, 6.45) is 5.63. The maximum absolute atomic E-state index is 14.0. The number of anilines is 1. The molecule has 0 bridgehead atoms. The summed E-state index contributed by atoms with van der Waals surface area (Å²) >= 11 is 0. The largest absolute Gasteiger partial charge is 0.497 e. The van der Waals surface area contributed by atoms with E-state index in [0.29, 0.717) is 28.3 Å². The van der Waals surface area contributed by atoms with E-state index < -0.39 is 6.04 Å². The zero-order valence-corrected chi connectivity index (χ0v) is 20.3. The van der Waals surface area contributed by atoms with Gasteiger partial charge in [-0.1, -0.05) is 31.0 Å². The number of nitrogens with one attached hydrogen (secondary N) is 1. The van der Waals surface area contributed by atoms with Crippen LogP contribution >= 0.6 is 0 Å². The third kappa shape index (κ3) is 5.01. The van der Waals surface area contributed by atoms with Gasteiger partial charge in [-0.3, -0.25) is 14.5 Å². The Bertz CT molecular complexity index is 1140. The number of furan rings is 1. The van der Waals surface area contributed by atoms with E-state index in [1.165, 1.54) is 6.26 Å². The van der Waals surface area contributed by atoms with Crippen molar-refractivity contribution in [3.05, 3.63) is 82.8 Å². The van der Waals surface area contributed by atoms with Gasteiger partial charge in [-0.05, 0) is 80.6 Å². The summed E-state index contributed by atoms with van der Waals surface area (Å²) in [5.41, 5.74) is 3.85. The van der Waals surface area contributed by atoms with E-state index in [0.717, 1.165) is 36.8 Å². The monoisotopic (exact) mass is 460 g/mol. The van der Waals surface area contributed by atoms with Gasteiger partial charge in [0.1, 0.15) is 17.6 Å². The molecule has 0 saturated heterocycles. The Morgan fingerprint density at radius 1 is 1.00 bits per heavy atom. The summed E-state index contributed by atoms with van der Waals surface area (Å²) in [5.74, 6) is 0.738. The zero-order chi connectivity index (χ0) is 24.2. The molecule has 2 amide bonds. The van der Waals surface area contributed by atoms with Crippen LogP contribution in [0.25, 0.3) is 0 Å². The van der Waals surface area contributed by atoms with Crippen molar-refractivity contribution in [3.63, 3.8) is 0 Å². The number of hydrogen-bond acceptors (Lipinski definition) is 4. The van der Waals surface area contributed by atoms with Crippen molar-refractivity contribution in [2.24, 2.45) is 0 Å². The van der Waals surface area contributed by atoms with Gasteiger partial charge in [0.25, 0.3) is 5.91 Å². The number of aryl methyl sites for hydroxylation is 3. The van der Waals surface area contributed by atoms with Crippen LogP contribution in [-0.2, 0) is 4.79 Å². The van der Waals surface area contributed by atoms with Crippen LogP contribution in [0.2, 0.25) is 0 Å². The first-order valence-corrected chi connectivity index (χ1v) is 11.8. The molecule has 1 aromatic heterocycles. The number of benzene rings is 2. The highest BCUT2D eigenvalue weighted by molar-refractivity contribution is 6.10. The van der Waals surface area contributed by atoms with Gasteiger partial charge >= 0.3 is 0 Å². The Kier molecular flexibility index (Phi) is 7.06. The topological polar surface area (TPSA) is 71.8 Å². The lowest BCUT2D eigenvalue weighted by Gasteiger charge is -2.33. The maximum Gasteiger partial charge on any atom is 0.262 e. The average molecular weight is 461 g/mol. The van der Waals surface area contributed by atoms with Crippen LogP contribution in [0.3, 0.4) is 0 Å². The molecule has 0 aliphatic heterocycles. The lowest BCUT2D eigenvalue weighted by molar-refractivity contribution is -0.123. The van der Waals surface area contributed by atoms with Crippen molar-refractivity contribution in [1.29, 1.82) is 0 Å². The summed E-state index contributed by atoms with van der Waals surface area (Å²) < 4.78 is 10.8. The summed E-state index contributed by atoms with van der Waals surface area (Å²) in [6.45, 7) is 5.74. The van der Waals surface area contributed by atoms with Crippen molar-refractivity contribution in [1.82, 2.24) is 5.32 Å². The predicted octanol–water partition coefficient (Wildman–Crippen LogP) is 5.66. The molecule has 0 unspecified atom stereocenters. The molecule has 6 heteroatoms. The first-order valence-electron chi connectivity index (χ1n) is 11.8. The third-order valence-electron chi connectivity index (χ3n) is 6.43. The number of carbonyl (C=O) groups excluding carboxylic acids is 2. The number of nitrogens with zero attached hydrogens (tertiary/aromatic N) is 1. The van der Waals surface area contributed by atoms with Gasteiger partial charge in [0, 0.05) is 11.7 Å². The fraction of sp³-hybridized carbons (Fsp3) is 0.357. The van der Waals surface area contributed by atoms with E-state index in [2.05, 4.69) is 11.4 Å². The van der Waals surface area contributed by atoms with Crippen LogP contribution in [0, 0.1) is 20.8 Å². The number of methoxy groups -OCH3 is 1. The molecular formula is C28H32N2O4. The number of carbonyl (C=O) groups is 2. The number of rotatable bonds is 7. The fourth-order valence-electron chi connectivity index (χ4n) is 4.76. The van der Waals surface area contributed by atoms with Gasteiger partial charge in [0.2, 0.25) is 5.91 Å². The minimum atomic E-state index is -0.852. The smallest absolute Gasteiger partial charge is 0.262 e. The number of ether oxygens (including phenoxy) is 1. The maximum atomic E-state index is 14.0. The second-order valence-electron chi connectivity index (χ2n) is 9.08. The van der Waals surface area contributed by atoms with Crippen molar-refractivity contribution in [3.8, 4) is 5.75 Å². The van der Waals surface area contributed by atoms with E-state index in [1.54, 1.807) is 25.0 Å². The molecule has 1 aliphatic carbocycles. The minimum absolute atomic E-state index is 0.125. The molecule has 34 heavy (non-hydrogen) atoms. The third-order valence-corrected chi connectivity index (χ3v) is 6.43. The molecule has 1 saturated carbocycles. The Morgan fingerprint density at radius 3 is 2.21 bits per heavy atom. The Labute approximate surface area is 200 Å². The minimum Gasteiger partial charge on any atom is -0.497 e. The molecule has 4 rings (SSSR count). The van der Waals surface area contributed by atoms with Gasteiger partial charge < -0.3 is 14.5 Å². The summed E-state index contributed by atoms with van der Waals surface area (Å²) in [7, 11) is 1.60. The normalized spacial score (nSPS) is 14.6. The van der Waals surface area contributed by atoms with Crippen LogP contribution < -0.4 is 15.0 Å². The van der Waals surface area contributed by atoms with E-state index in [1.807, 2.05) is 50.2 Å². The molecule has 0 radical (unpaired) electrons. The van der Waals surface area contributed by atoms with E-state index in [9.17, 15) is 9.59 Å². The molecule has 1 aliphatic rings. The SMILES string of the molecule is COc1ccc([C@@H](C(=O)NC2CCCC2)N(C(=O)c2ccoc2C)c2cc(C)cc(C)c2)cc1. The molecule has 2 aromatic carbocycles. The first-order chi connectivity index (χ1) is 16.4. The van der Waals surface area contributed by atoms with Gasteiger partial charge in [-0.25, -0.2) is 0 Å². The van der Waals surface area contributed by atoms with E-state index in [4.69, 9.17) is 9.15 Å².